The number of benzene rings is 1. The number of aliphatic imine (C=N–C) groups is 1. The van der Waals surface area contributed by atoms with Gasteiger partial charge in [0.15, 0.2) is 17.5 Å². The molecule has 1 aromatic carbocycles. The van der Waals surface area contributed by atoms with Crippen LogP contribution in [0.1, 0.15) is 44.0 Å². The first-order valence-electron chi connectivity index (χ1n) is 9.83. The molecule has 0 spiro atoms. The van der Waals surface area contributed by atoms with E-state index in [2.05, 4.69) is 46.8 Å². The summed E-state index contributed by atoms with van der Waals surface area (Å²) in [4.78, 5) is 8.87. The van der Waals surface area contributed by atoms with E-state index < -0.39 is 6.61 Å². The molecule has 0 unspecified atom stereocenters. The fourth-order valence-corrected chi connectivity index (χ4v) is 3.67. The van der Waals surface area contributed by atoms with E-state index in [-0.39, 0.29) is 41.7 Å². The Morgan fingerprint density at radius 3 is 2.58 bits per heavy atom. The summed E-state index contributed by atoms with van der Waals surface area (Å²) in [5, 5.41) is 9.50. The zero-order chi connectivity index (χ0) is 22.1. The molecule has 1 heterocycles. The highest BCUT2D eigenvalue weighted by molar-refractivity contribution is 14.0. The number of nitrogens with zero attached hydrogens (tertiary/aromatic N) is 2. The quantitative estimate of drug-likeness (QED) is 0.254. The second-order valence-corrected chi connectivity index (χ2v) is 8.48. The SMILES string of the molecule is CCOc1cccc(CNC(=NC)NCCc2nc(C(C)(C)C)cs2)c1OC(F)F.I. The molecule has 2 aromatic rings. The zero-order valence-corrected chi connectivity index (χ0v) is 21.6. The normalized spacial score (nSPS) is 11.8. The molecule has 6 nitrogen and oxygen atoms in total. The molecule has 0 aliphatic carbocycles. The van der Waals surface area contributed by atoms with Crippen molar-refractivity contribution in [2.45, 2.75) is 52.7 Å². The van der Waals surface area contributed by atoms with Crippen LogP contribution in [-0.2, 0) is 18.4 Å². The highest BCUT2D eigenvalue weighted by Crippen LogP contribution is 2.32. The van der Waals surface area contributed by atoms with Gasteiger partial charge in [-0.1, -0.05) is 32.9 Å². The van der Waals surface area contributed by atoms with Gasteiger partial charge in [-0.25, -0.2) is 4.98 Å². The van der Waals surface area contributed by atoms with Crippen molar-refractivity contribution in [3.05, 3.63) is 39.8 Å². The number of hydrogen-bond donors (Lipinski definition) is 2. The van der Waals surface area contributed by atoms with Gasteiger partial charge in [-0.3, -0.25) is 4.99 Å². The van der Waals surface area contributed by atoms with Crippen molar-refractivity contribution in [3.63, 3.8) is 0 Å². The van der Waals surface area contributed by atoms with Crippen molar-refractivity contribution in [1.29, 1.82) is 0 Å². The molecule has 0 amide bonds. The highest BCUT2D eigenvalue weighted by atomic mass is 127. The third-order valence-corrected chi connectivity index (χ3v) is 5.10. The molecular formula is C21H31F2IN4O2S. The van der Waals surface area contributed by atoms with Gasteiger partial charge in [0.2, 0.25) is 0 Å². The van der Waals surface area contributed by atoms with Crippen LogP contribution < -0.4 is 20.1 Å². The van der Waals surface area contributed by atoms with E-state index in [0.717, 1.165) is 17.1 Å². The monoisotopic (exact) mass is 568 g/mol. The van der Waals surface area contributed by atoms with Gasteiger partial charge in [-0.05, 0) is 13.0 Å². The summed E-state index contributed by atoms with van der Waals surface area (Å²) in [6, 6.07) is 5.06. The van der Waals surface area contributed by atoms with Crippen molar-refractivity contribution in [2.24, 2.45) is 4.99 Å². The summed E-state index contributed by atoms with van der Waals surface area (Å²) in [7, 11) is 1.66. The standard InChI is InChI=1S/C21H30F2N4O2S.HI/c1-6-28-15-9-7-8-14(18(15)29-19(22)23)12-26-20(24-5)25-11-10-17-27-16(13-30-17)21(2,3)4;/h7-9,13,19H,6,10-12H2,1-5H3,(H2,24,25,26);1H. The molecule has 31 heavy (non-hydrogen) atoms. The molecule has 0 aliphatic heterocycles. The van der Waals surface area contributed by atoms with Crippen LogP contribution in [0.15, 0.2) is 28.6 Å². The summed E-state index contributed by atoms with van der Waals surface area (Å²) < 4.78 is 35.8. The number of halogens is 3. The number of ether oxygens (including phenoxy) is 2. The lowest BCUT2D eigenvalue weighted by Crippen LogP contribution is -2.38. The lowest BCUT2D eigenvalue weighted by atomic mass is 9.93. The number of thiazole rings is 1. The number of nitrogens with one attached hydrogen (secondary N) is 2. The van der Waals surface area contributed by atoms with E-state index in [0.29, 0.717) is 30.4 Å². The predicted molar refractivity (Wildman–Crippen MR) is 132 cm³/mol. The number of alkyl halides is 2. The van der Waals surface area contributed by atoms with Gasteiger partial charge in [-0.2, -0.15) is 8.78 Å². The fraction of sp³-hybridized carbons (Fsp3) is 0.524. The fourth-order valence-electron chi connectivity index (χ4n) is 2.65. The minimum Gasteiger partial charge on any atom is -0.490 e. The van der Waals surface area contributed by atoms with Crippen molar-refractivity contribution in [2.75, 3.05) is 20.2 Å². The average Bonchev–Trinajstić information content (AvgIpc) is 3.16. The molecule has 0 saturated carbocycles. The Morgan fingerprint density at radius 2 is 2.00 bits per heavy atom. The molecule has 0 atom stereocenters. The molecule has 1 aromatic heterocycles. The minimum absolute atomic E-state index is 0. The Balaban J connectivity index is 0.00000480. The van der Waals surface area contributed by atoms with Gasteiger partial charge in [0.25, 0.3) is 0 Å². The Morgan fingerprint density at radius 1 is 1.26 bits per heavy atom. The zero-order valence-electron chi connectivity index (χ0n) is 18.5. The molecule has 0 saturated heterocycles. The molecule has 174 valence electrons. The summed E-state index contributed by atoms with van der Waals surface area (Å²) in [5.74, 6) is 0.890. The lowest BCUT2D eigenvalue weighted by molar-refractivity contribution is -0.0520. The van der Waals surface area contributed by atoms with Crippen molar-refractivity contribution in [1.82, 2.24) is 15.6 Å². The maximum absolute atomic E-state index is 12.8. The molecule has 2 rings (SSSR count). The van der Waals surface area contributed by atoms with Crippen LogP contribution in [0.4, 0.5) is 8.78 Å². The first kappa shape index (κ1) is 27.3. The second kappa shape index (κ2) is 13.0. The van der Waals surface area contributed by atoms with Gasteiger partial charge in [0.1, 0.15) is 0 Å². The van der Waals surface area contributed by atoms with Crippen molar-refractivity contribution >= 4 is 41.3 Å². The first-order valence-corrected chi connectivity index (χ1v) is 10.7. The number of aromatic nitrogens is 1. The Bertz CT molecular complexity index is 841. The largest absolute Gasteiger partial charge is 0.490 e. The second-order valence-electron chi connectivity index (χ2n) is 7.53. The van der Waals surface area contributed by atoms with Crippen LogP contribution in [0, 0.1) is 0 Å². The van der Waals surface area contributed by atoms with Crippen LogP contribution in [0.3, 0.4) is 0 Å². The highest BCUT2D eigenvalue weighted by Gasteiger charge is 2.18. The maximum atomic E-state index is 12.8. The summed E-state index contributed by atoms with van der Waals surface area (Å²) in [6.45, 7) is 6.54. The Labute approximate surface area is 203 Å². The van der Waals surface area contributed by atoms with Gasteiger partial charge in [0, 0.05) is 42.9 Å². The predicted octanol–water partition coefficient (Wildman–Crippen LogP) is 4.97. The van der Waals surface area contributed by atoms with E-state index in [1.165, 1.54) is 0 Å². The Hall–Kier alpha value is -1.69. The number of para-hydroxylation sites is 1. The third-order valence-electron chi connectivity index (χ3n) is 4.19. The van der Waals surface area contributed by atoms with Crippen molar-refractivity contribution in [3.8, 4) is 11.5 Å². The van der Waals surface area contributed by atoms with Crippen molar-refractivity contribution < 1.29 is 18.3 Å². The summed E-state index contributed by atoms with van der Waals surface area (Å²) >= 11 is 1.65. The van der Waals surface area contributed by atoms with Crippen LogP contribution in [0.2, 0.25) is 0 Å². The van der Waals surface area contributed by atoms with E-state index in [1.807, 2.05) is 0 Å². The summed E-state index contributed by atoms with van der Waals surface area (Å²) in [5.41, 5.74) is 1.68. The smallest absolute Gasteiger partial charge is 0.387 e. The van der Waals surface area contributed by atoms with Gasteiger partial charge >= 0.3 is 6.61 Å². The number of hydrogen-bond acceptors (Lipinski definition) is 5. The van der Waals surface area contributed by atoms with E-state index in [4.69, 9.17) is 9.47 Å². The van der Waals surface area contributed by atoms with Crippen LogP contribution >= 0.6 is 35.3 Å². The molecule has 0 fully saturated rings. The third kappa shape index (κ3) is 8.76. The van der Waals surface area contributed by atoms with Gasteiger partial charge < -0.3 is 20.1 Å². The number of guanidine groups is 1. The van der Waals surface area contributed by atoms with Gasteiger partial charge in [-0.15, -0.1) is 35.3 Å². The van der Waals surface area contributed by atoms with Crippen LogP contribution in [-0.4, -0.2) is 37.8 Å². The minimum atomic E-state index is -2.93. The maximum Gasteiger partial charge on any atom is 0.387 e. The van der Waals surface area contributed by atoms with E-state index in [9.17, 15) is 8.78 Å². The van der Waals surface area contributed by atoms with Gasteiger partial charge in [0.05, 0.1) is 17.3 Å². The molecule has 10 heteroatoms. The molecule has 0 bridgehead atoms. The molecule has 2 N–H and O–H groups in total. The molecular weight excluding hydrogens is 537 g/mol. The summed E-state index contributed by atoms with van der Waals surface area (Å²) in [6.07, 6.45) is 0.765. The lowest BCUT2D eigenvalue weighted by Gasteiger charge is -2.17. The average molecular weight is 568 g/mol. The number of rotatable bonds is 9. The molecule has 0 aliphatic rings. The van der Waals surface area contributed by atoms with Crippen LogP contribution in [0.25, 0.3) is 0 Å². The first-order chi connectivity index (χ1) is 14.2. The van der Waals surface area contributed by atoms with E-state index in [1.54, 1.807) is 43.5 Å². The van der Waals surface area contributed by atoms with Crippen LogP contribution in [0.5, 0.6) is 11.5 Å². The topological polar surface area (TPSA) is 67.8 Å². The Kier molecular flexibility index (Phi) is 11.5. The van der Waals surface area contributed by atoms with E-state index >= 15 is 0 Å². The molecule has 0 radical (unpaired) electrons.